The fraction of sp³-hybridized carbons (Fsp3) is 0.120. The molecule has 0 radical (unpaired) electrons. The molecule has 4 rings (SSSR count). The summed E-state index contributed by atoms with van der Waals surface area (Å²) in [6.45, 7) is 0.314. The topological polar surface area (TPSA) is 95.5 Å². The van der Waals surface area contributed by atoms with Gasteiger partial charge in [-0.25, -0.2) is 4.98 Å². The number of methoxy groups -OCH3 is 2. The van der Waals surface area contributed by atoms with Crippen molar-refractivity contribution in [2.24, 2.45) is 0 Å². The molecule has 0 aliphatic carbocycles. The quantitative estimate of drug-likeness (QED) is 0.435. The van der Waals surface area contributed by atoms with Crippen molar-refractivity contribution in [3.63, 3.8) is 0 Å². The Morgan fingerprint density at radius 2 is 1.55 bits per heavy atom. The van der Waals surface area contributed by atoms with E-state index in [1.54, 1.807) is 50.9 Å². The monoisotopic (exact) mass is 442 g/mol. The minimum atomic E-state index is -0.358. The van der Waals surface area contributed by atoms with Gasteiger partial charge in [0.15, 0.2) is 5.82 Å². The molecule has 0 bridgehead atoms. The molecule has 33 heavy (non-hydrogen) atoms. The molecule has 0 atom stereocenters. The van der Waals surface area contributed by atoms with Crippen LogP contribution in [-0.4, -0.2) is 35.1 Å². The van der Waals surface area contributed by atoms with Gasteiger partial charge in [-0.05, 0) is 60.2 Å². The molecule has 8 nitrogen and oxygen atoms in total. The first-order valence-electron chi connectivity index (χ1n) is 10.2. The molecule has 0 aliphatic rings. The smallest absolute Gasteiger partial charge is 0.258 e. The van der Waals surface area contributed by atoms with Crippen LogP contribution < -0.4 is 19.5 Å². The van der Waals surface area contributed by atoms with Crippen molar-refractivity contribution < 1.29 is 19.0 Å². The SMILES string of the molecule is COc1ccc(Oc2nc(-c3ccc(OC)cc3)ncc2C(=O)NCc2cccnc2)cc1. The van der Waals surface area contributed by atoms with Crippen LogP contribution in [0.15, 0.2) is 79.3 Å². The third-order valence-corrected chi connectivity index (χ3v) is 4.80. The highest BCUT2D eigenvalue weighted by molar-refractivity contribution is 5.96. The van der Waals surface area contributed by atoms with Crippen LogP contribution >= 0.6 is 0 Å². The number of hydrogen-bond acceptors (Lipinski definition) is 7. The van der Waals surface area contributed by atoms with Crippen molar-refractivity contribution >= 4 is 5.91 Å². The predicted molar refractivity (Wildman–Crippen MR) is 122 cm³/mol. The molecule has 2 aromatic heterocycles. The van der Waals surface area contributed by atoms with E-state index in [4.69, 9.17) is 14.2 Å². The van der Waals surface area contributed by atoms with E-state index in [-0.39, 0.29) is 17.4 Å². The number of pyridine rings is 1. The van der Waals surface area contributed by atoms with Crippen LogP contribution in [0, 0.1) is 0 Å². The molecule has 0 spiro atoms. The van der Waals surface area contributed by atoms with Gasteiger partial charge in [-0.15, -0.1) is 0 Å². The number of hydrogen-bond donors (Lipinski definition) is 1. The van der Waals surface area contributed by atoms with Crippen molar-refractivity contribution in [2.45, 2.75) is 6.54 Å². The average molecular weight is 442 g/mol. The van der Waals surface area contributed by atoms with Gasteiger partial charge in [0.2, 0.25) is 5.88 Å². The van der Waals surface area contributed by atoms with E-state index < -0.39 is 0 Å². The summed E-state index contributed by atoms with van der Waals surface area (Å²) in [6, 6.07) is 18.0. The molecule has 1 amide bonds. The maximum absolute atomic E-state index is 12.9. The van der Waals surface area contributed by atoms with Gasteiger partial charge in [-0.1, -0.05) is 6.07 Å². The minimum Gasteiger partial charge on any atom is -0.497 e. The Bertz CT molecular complexity index is 1210. The number of carbonyl (C=O) groups excluding carboxylic acids is 1. The molecular formula is C25H22N4O4. The first-order valence-corrected chi connectivity index (χ1v) is 10.2. The van der Waals surface area contributed by atoms with Gasteiger partial charge in [-0.2, -0.15) is 4.98 Å². The highest BCUT2D eigenvalue weighted by atomic mass is 16.5. The molecule has 8 heteroatoms. The Kier molecular flexibility index (Phi) is 6.75. The third kappa shape index (κ3) is 5.43. The van der Waals surface area contributed by atoms with E-state index in [2.05, 4.69) is 20.3 Å². The molecule has 2 heterocycles. The van der Waals surface area contributed by atoms with E-state index in [0.29, 0.717) is 23.9 Å². The average Bonchev–Trinajstić information content (AvgIpc) is 2.88. The summed E-state index contributed by atoms with van der Waals surface area (Å²) in [5.74, 6) is 2.13. The lowest BCUT2D eigenvalue weighted by molar-refractivity contribution is 0.0947. The van der Waals surface area contributed by atoms with E-state index in [1.807, 2.05) is 36.4 Å². The fourth-order valence-corrected chi connectivity index (χ4v) is 3.01. The minimum absolute atomic E-state index is 0.143. The lowest BCUT2D eigenvalue weighted by atomic mass is 10.2. The Hall–Kier alpha value is -4.46. The number of ether oxygens (including phenoxy) is 3. The van der Waals surface area contributed by atoms with Crippen molar-refractivity contribution in [1.29, 1.82) is 0 Å². The van der Waals surface area contributed by atoms with Gasteiger partial charge >= 0.3 is 0 Å². The van der Waals surface area contributed by atoms with Gasteiger partial charge in [0.05, 0.1) is 14.2 Å². The van der Waals surface area contributed by atoms with Crippen LogP contribution in [0.3, 0.4) is 0 Å². The van der Waals surface area contributed by atoms with E-state index >= 15 is 0 Å². The van der Waals surface area contributed by atoms with Crippen LogP contribution in [-0.2, 0) is 6.54 Å². The number of aromatic nitrogens is 3. The number of nitrogens with one attached hydrogen (secondary N) is 1. The molecule has 0 aliphatic heterocycles. The maximum atomic E-state index is 12.9. The molecule has 166 valence electrons. The van der Waals surface area contributed by atoms with Gasteiger partial charge in [-0.3, -0.25) is 9.78 Å². The number of benzene rings is 2. The molecule has 0 fully saturated rings. The molecule has 0 unspecified atom stereocenters. The van der Waals surface area contributed by atoms with Gasteiger partial charge in [0.1, 0.15) is 22.8 Å². The van der Waals surface area contributed by atoms with E-state index in [9.17, 15) is 4.79 Å². The van der Waals surface area contributed by atoms with Gasteiger partial charge in [0.25, 0.3) is 5.91 Å². The molecule has 1 N–H and O–H groups in total. The highest BCUT2D eigenvalue weighted by Crippen LogP contribution is 2.28. The highest BCUT2D eigenvalue weighted by Gasteiger charge is 2.18. The fourth-order valence-electron chi connectivity index (χ4n) is 3.01. The van der Waals surface area contributed by atoms with E-state index in [1.165, 1.54) is 6.20 Å². The van der Waals surface area contributed by atoms with Crippen molar-refractivity contribution in [2.75, 3.05) is 14.2 Å². The number of carbonyl (C=O) groups is 1. The number of rotatable bonds is 8. The Morgan fingerprint density at radius 1 is 0.879 bits per heavy atom. The summed E-state index contributed by atoms with van der Waals surface area (Å²) in [7, 11) is 3.19. The number of amides is 1. The molecule has 2 aromatic carbocycles. The first kappa shape index (κ1) is 21.8. The van der Waals surface area contributed by atoms with Gasteiger partial charge < -0.3 is 19.5 Å². The van der Waals surface area contributed by atoms with Crippen molar-refractivity contribution in [3.8, 4) is 34.5 Å². The standard InChI is InChI=1S/C25H22N4O4/c1-31-19-7-5-18(6-8-19)23-27-16-22(24(30)28-15-17-4-3-13-26-14-17)25(29-23)33-21-11-9-20(32-2)10-12-21/h3-14,16H,15H2,1-2H3,(H,28,30). The summed E-state index contributed by atoms with van der Waals surface area (Å²) in [5, 5.41) is 2.86. The summed E-state index contributed by atoms with van der Waals surface area (Å²) in [5.41, 5.74) is 1.85. The van der Waals surface area contributed by atoms with E-state index in [0.717, 1.165) is 16.9 Å². The van der Waals surface area contributed by atoms with Crippen LogP contribution in [0.25, 0.3) is 11.4 Å². The lowest BCUT2D eigenvalue weighted by Crippen LogP contribution is -2.24. The predicted octanol–water partition coefficient (Wildman–Crippen LogP) is 4.28. The summed E-state index contributed by atoms with van der Waals surface area (Å²) >= 11 is 0. The van der Waals surface area contributed by atoms with Crippen molar-refractivity contribution in [3.05, 3.63) is 90.4 Å². The second-order valence-corrected chi connectivity index (χ2v) is 6.96. The number of nitrogens with zero attached hydrogens (tertiary/aromatic N) is 3. The van der Waals surface area contributed by atoms with Crippen LogP contribution in [0.5, 0.6) is 23.1 Å². The zero-order chi connectivity index (χ0) is 23.0. The van der Waals surface area contributed by atoms with Gasteiger partial charge in [0, 0.05) is 30.7 Å². The second kappa shape index (κ2) is 10.2. The van der Waals surface area contributed by atoms with Crippen LogP contribution in [0.4, 0.5) is 0 Å². The molecule has 4 aromatic rings. The lowest BCUT2D eigenvalue weighted by Gasteiger charge is -2.12. The Labute approximate surface area is 191 Å². The largest absolute Gasteiger partial charge is 0.497 e. The van der Waals surface area contributed by atoms with Crippen LogP contribution in [0.1, 0.15) is 15.9 Å². The summed E-state index contributed by atoms with van der Waals surface area (Å²) in [6.07, 6.45) is 4.83. The molecular weight excluding hydrogens is 420 g/mol. The summed E-state index contributed by atoms with van der Waals surface area (Å²) in [4.78, 5) is 25.9. The molecule has 0 saturated carbocycles. The summed E-state index contributed by atoms with van der Waals surface area (Å²) < 4.78 is 16.4. The van der Waals surface area contributed by atoms with Crippen molar-refractivity contribution in [1.82, 2.24) is 20.3 Å². The second-order valence-electron chi connectivity index (χ2n) is 6.96. The zero-order valence-corrected chi connectivity index (χ0v) is 18.2. The van der Waals surface area contributed by atoms with Crippen LogP contribution in [0.2, 0.25) is 0 Å². The first-order chi connectivity index (χ1) is 16.2. The third-order valence-electron chi connectivity index (χ3n) is 4.80. The maximum Gasteiger partial charge on any atom is 0.258 e. The Balaban J connectivity index is 1.63. The normalized spacial score (nSPS) is 10.4. The Morgan fingerprint density at radius 3 is 2.18 bits per heavy atom. The molecule has 0 saturated heterocycles. The zero-order valence-electron chi connectivity index (χ0n) is 18.2.